The Labute approximate surface area is 126 Å². The standard InChI is InChI=1S/C18H12F2O2/c1-22-18(21)12-9-8-11-4-2-5-13(15(11)10-12)14-6-3-7-16(19)17(14)20/h2-10H,1H3. The zero-order valence-electron chi connectivity index (χ0n) is 11.8. The van der Waals surface area contributed by atoms with Crippen LogP contribution in [-0.2, 0) is 4.74 Å². The predicted octanol–water partition coefficient (Wildman–Crippen LogP) is 4.57. The summed E-state index contributed by atoms with van der Waals surface area (Å²) in [4.78, 5) is 11.7. The lowest BCUT2D eigenvalue weighted by molar-refractivity contribution is 0.0601. The summed E-state index contributed by atoms with van der Waals surface area (Å²) < 4.78 is 32.3. The summed E-state index contributed by atoms with van der Waals surface area (Å²) in [7, 11) is 1.30. The molecule has 2 nitrogen and oxygen atoms in total. The number of ether oxygens (including phenoxy) is 1. The van der Waals surface area contributed by atoms with Crippen molar-refractivity contribution in [3.8, 4) is 11.1 Å². The van der Waals surface area contributed by atoms with E-state index in [1.165, 1.54) is 19.2 Å². The van der Waals surface area contributed by atoms with Gasteiger partial charge in [0.25, 0.3) is 0 Å². The molecule has 3 aromatic carbocycles. The Hall–Kier alpha value is -2.75. The van der Waals surface area contributed by atoms with Gasteiger partial charge >= 0.3 is 5.97 Å². The fraction of sp³-hybridized carbons (Fsp3) is 0.0556. The number of benzene rings is 3. The first-order valence-corrected chi connectivity index (χ1v) is 6.67. The molecule has 0 saturated carbocycles. The van der Waals surface area contributed by atoms with Crippen LogP contribution in [0.15, 0.2) is 54.6 Å². The molecule has 0 unspecified atom stereocenters. The number of fused-ring (bicyclic) bond motifs is 1. The summed E-state index contributed by atoms with van der Waals surface area (Å²) in [6, 6.07) is 14.4. The monoisotopic (exact) mass is 298 g/mol. The molecule has 0 aliphatic heterocycles. The Kier molecular flexibility index (Phi) is 3.59. The second-order valence-electron chi connectivity index (χ2n) is 4.83. The van der Waals surface area contributed by atoms with Crippen LogP contribution in [0.3, 0.4) is 0 Å². The fourth-order valence-electron chi connectivity index (χ4n) is 2.46. The van der Waals surface area contributed by atoms with Gasteiger partial charge in [0.1, 0.15) is 0 Å². The van der Waals surface area contributed by atoms with E-state index in [0.717, 1.165) is 11.5 Å². The van der Waals surface area contributed by atoms with Gasteiger partial charge in [-0.1, -0.05) is 36.4 Å². The molecule has 0 heterocycles. The summed E-state index contributed by atoms with van der Waals surface area (Å²) in [5.74, 6) is -2.28. The minimum absolute atomic E-state index is 0.160. The fourth-order valence-corrected chi connectivity index (χ4v) is 2.46. The summed E-state index contributed by atoms with van der Waals surface area (Å²) in [5.41, 5.74) is 1.05. The highest BCUT2D eigenvalue weighted by Gasteiger charge is 2.14. The highest BCUT2D eigenvalue weighted by molar-refractivity contribution is 6.01. The molecular formula is C18H12F2O2. The Morgan fingerprint density at radius 1 is 0.955 bits per heavy atom. The van der Waals surface area contributed by atoms with E-state index in [0.29, 0.717) is 16.5 Å². The predicted molar refractivity (Wildman–Crippen MR) is 80.6 cm³/mol. The first-order valence-electron chi connectivity index (χ1n) is 6.67. The van der Waals surface area contributed by atoms with E-state index < -0.39 is 17.6 Å². The molecule has 22 heavy (non-hydrogen) atoms. The Bertz CT molecular complexity index is 872. The second-order valence-corrected chi connectivity index (χ2v) is 4.83. The van der Waals surface area contributed by atoms with Gasteiger partial charge in [-0.25, -0.2) is 13.6 Å². The van der Waals surface area contributed by atoms with Crippen LogP contribution in [0.25, 0.3) is 21.9 Å². The quantitative estimate of drug-likeness (QED) is 0.648. The molecular weight excluding hydrogens is 286 g/mol. The van der Waals surface area contributed by atoms with E-state index in [-0.39, 0.29) is 5.56 Å². The van der Waals surface area contributed by atoms with Crippen LogP contribution in [0.1, 0.15) is 10.4 Å². The van der Waals surface area contributed by atoms with Crippen molar-refractivity contribution in [2.45, 2.75) is 0 Å². The molecule has 0 aromatic heterocycles. The smallest absolute Gasteiger partial charge is 0.337 e. The number of esters is 1. The average molecular weight is 298 g/mol. The number of methoxy groups -OCH3 is 1. The zero-order valence-corrected chi connectivity index (χ0v) is 11.8. The molecule has 0 radical (unpaired) electrons. The maximum atomic E-state index is 14.1. The molecule has 0 N–H and O–H groups in total. The van der Waals surface area contributed by atoms with Crippen molar-refractivity contribution in [2.75, 3.05) is 7.11 Å². The highest BCUT2D eigenvalue weighted by atomic mass is 19.2. The SMILES string of the molecule is COC(=O)c1ccc2cccc(-c3cccc(F)c3F)c2c1. The Morgan fingerprint density at radius 2 is 1.68 bits per heavy atom. The van der Waals surface area contributed by atoms with E-state index >= 15 is 0 Å². The number of halogens is 2. The highest BCUT2D eigenvalue weighted by Crippen LogP contribution is 2.32. The molecule has 3 aromatic rings. The minimum Gasteiger partial charge on any atom is -0.465 e. The Morgan fingerprint density at radius 3 is 2.45 bits per heavy atom. The minimum atomic E-state index is -0.904. The summed E-state index contributed by atoms with van der Waals surface area (Å²) >= 11 is 0. The third-order valence-corrected chi connectivity index (χ3v) is 3.55. The summed E-state index contributed by atoms with van der Waals surface area (Å²) in [6.45, 7) is 0. The normalized spacial score (nSPS) is 10.7. The average Bonchev–Trinajstić information content (AvgIpc) is 2.55. The summed E-state index contributed by atoms with van der Waals surface area (Å²) in [5, 5.41) is 1.49. The van der Waals surface area contributed by atoms with Crippen LogP contribution in [0, 0.1) is 11.6 Å². The van der Waals surface area contributed by atoms with Gasteiger partial charge in [0.15, 0.2) is 11.6 Å². The van der Waals surface area contributed by atoms with Crippen LogP contribution in [-0.4, -0.2) is 13.1 Å². The first-order chi connectivity index (χ1) is 10.6. The van der Waals surface area contributed by atoms with Gasteiger partial charge in [-0.15, -0.1) is 0 Å². The van der Waals surface area contributed by atoms with Crippen LogP contribution >= 0.6 is 0 Å². The van der Waals surface area contributed by atoms with E-state index in [1.54, 1.807) is 30.3 Å². The van der Waals surface area contributed by atoms with Crippen molar-refractivity contribution in [3.05, 3.63) is 71.8 Å². The molecule has 0 atom stereocenters. The van der Waals surface area contributed by atoms with Crippen LogP contribution < -0.4 is 0 Å². The maximum absolute atomic E-state index is 14.1. The topological polar surface area (TPSA) is 26.3 Å². The lowest BCUT2D eigenvalue weighted by Gasteiger charge is -2.09. The van der Waals surface area contributed by atoms with Gasteiger partial charge in [-0.05, 0) is 34.5 Å². The molecule has 3 rings (SSSR count). The third-order valence-electron chi connectivity index (χ3n) is 3.55. The van der Waals surface area contributed by atoms with E-state index in [9.17, 15) is 13.6 Å². The second kappa shape index (κ2) is 5.56. The molecule has 0 aliphatic rings. The van der Waals surface area contributed by atoms with Crippen molar-refractivity contribution >= 4 is 16.7 Å². The number of rotatable bonds is 2. The number of carbonyl (C=O) groups is 1. The molecule has 110 valence electrons. The van der Waals surface area contributed by atoms with Crippen molar-refractivity contribution in [1.29, 1.82) is 0 Å². The van der Waals surface area contributed by atoms with E-state index in [4.69, 9.17) is 4.74 Å². The zero-order chi connectivity index (χ0) is 15.7. The first kappa shape index (κ1) is 14.2. The third kappa shape index (κ3) is 2.33. The number of hydrogen-bond donors (Lipinski definition) is 0. The van der Waals surface area contributed by atoms with Gasteiger partial charge in [0.2, 0.25) is 0 Å². The van der Waals surface area contributed by atoms with Gasteiger partial charge in [-0.2, -0.15) is 0 Å². The largest absolute Gasteiger partial charge is 0.465 e. The lowest BCUT2D eigenvalue weighted by Crippen LogP contribution is -2.00. The van der Waals surface area contributed by atoms with E-state index in [1.807, 2.05) is 6.07 Å². The van der Waals surface area contributed by atoms with E-state index in [2.05, 4.69) is 0 Å². The number of hydrogen-bond acceptors (Lipinski definition) is 2. The number of carbonyl (C=O) groups excluding carboxylic acids is 1. The van der Waals surface area contributed by atoms with Gasteiger partial charge in [-0.3, -0.25) is 0 Å². The van der Waals surface area contributed by atoms with Gasteiger partial charge < -0.3 is 4.74 Å². The molecule has 0 bridgehead atoms. The van der Waals surface area contributed by atoms with Crippen molar-refractivity contribution in [2.24, 2.45) is 0 Å². The molecule has 0 fully saturated rings. The molecule has 0 saturated heterocycles. The lowest BCUT2D eigenvalue weighted by atomic mass is 9.96. The summed E-state index contributed by atoms with van der Waals surface area (Å²) in [6.07, 6.45) is 0. The van der Waals surface area contributed by atoms with Crippen LogP contribution in [0.2, 0.25) is 0 Å². The van der Waals surface area contributed by atoms with Crippen LogP contribution in [0.4, 0.5) is 8.78 Å². The van der Waals surface area contributed by atoms with Crippen LogP contribution in [0.5, 0.6) is 0 Å². The molecule has 0 aliphatic carbocycles. The van der Waals surface area contributed by atoms with Gasteiger partial charge in [0.05, 0.1) is 12.7 Å². The molecule has 0 spiro atoms. The maximum Gasteiger partial charge on any atom is 0.337 e. The van der Waals surface area contributed by atoms with Gasteiger partial charge in [0, 0.05) is 5.56 Å². The molecule has 0 amide bonds. The van der Waals surface area contributed by atoms with Crippen molar-refractivity contribution < 1.29 is 18.3 Å². The molecule has 4 heteroatoms. The Balaban J connectivity index is 2.29. The van der Waals surface area contributed by atoms with Crippen molar-refractivity contribution in [1.82, 2.24) is 0 Å². The van der Waals surface area contributed by atoms with Crippen molar-refractivity contribution in [3.63, 3.8) is 0 Å².